The largest absolute Gasteiger partial charge is 0.491 e. The highest BCUT2D eigenvalue weighted by molar-refractivity contribution is 5.95. The van der Waals surface area contributed by atoms with E-state index in [1.807, 2.05) is 26.8 Å². The van der Waals surface area contributed by atoms with Crippen molar-refractivity contribution < 1.29 is 14.7 Å². The van der Waals surface area contributed by atoms with Gasteiger partial charge < -0.3 is 20.6 Å². The van der Waals surface area contributed by atoms with Crippen LogP contribution in [0.25, 0.3) is 0 Å². The Morgan fingerprint density at radius 3 is 2.67 bits per heavy atom. The van der Waals surface area contributed by atoms with Gasteiger partial charge in [-0.1, -0.05) is 11.2 Å². The Hall–Kier alpha value is -2.24. The lowest BCUT2D eigenvalue weighted by Gasteiger charge is -2.24. The molecule has 6 nitrogen and oxygen atoms in total. The summed E-state index contributed by atoms with van der Waals surface area (Å²) in [4.78, 5) is 14.0. The highest BCUT2D eigenvalue weighted by Crippen LogP contribution is 2.17. The summed E-state index contributed by atoms with van der Waals surface area (Å²) in [6.45, 7) is 5.70. The van der Waals surface area contributed by atoms with Crippen LogP contribution in [0, 0.1) is 0 Å². The molecule has 0 aliphatic rings. The minimum absolute atomic E-state index is 0.0487. The molecule has 0 aromatic heterocycles. The molecule has 0 saturated heterocycles. The van der Waals surface area contributed by atoms with E-state index >= 15 is 0 Å². The topological polar surface area (TPSA) is 88.2 Å². The van der Waals surface area contributed by atoms with Crippen LogP contribution in [0.4, 0.5) is 0 Å². The number of oxime groups is 1. The summed E-state index contributed by atoms with van der Waals surface area (Å²) in [5, 5.41) is 11.5. The highest BCUT2D eigenvalue weighted by atomic mass is 16.5. The molecule has 0 spiro atoms. The summed E-state index contributed by atoms with van der Waals surface area (Å²) >= 11 is 0. The molecule has 1 atom stereocenters. The second-order valence-electron chi connectivity index (χ2n) is 5.25. The van der Waals surface area contributed by atoms with Crippen molar-refractivity contribution in [3.8, 4) is 5.75 Å². The SMILES string of the molecule is CC(C)Oc1cccc(C(=O)N(C)C(C)CC(N)=NO)c1. The quantitative estimate of drug-likeness (QED) is 0.364. The average Bonchev–Trinajstić information content (AvgIpc) is 2.45. The van der Waals surface area contributed by atoms with Gasteiger partial charge >= 0.3 is 0 Å². The van der Waals surface area contributed by atoms with Crippen LogP contribution in [0.2, 0.25) is 0 Å². The predicted octanol–water partition coefficient (Wildman–Crippen LogP) is 2.07. The van der Waals surface area contributed by atoms with Gasteiger partial charge in [0.15, 0.2) is 0 Å². The maximum atomic E-state index is 12.4. The number of hydrogen-bond acceptors (Lipinski definition) is 4. The summed E-state index contributed by atoms with van der Waals surface area (Å²) in [6.07, 6.45) is 0.355. The number of nitrogens with two attached hydrogens (primary N) is 1. The number of amidine groups is 1. The molecule has 1 aromatic rings. The number of carbonyl (C=O) groups is 1. The molecular weight excluding hydrogens is 270 g/mol. The summed E-state index contributed by atoms with van der Waals surface area (Å²) in [5.74, 6) is 0.620. The van der Waals surface area contributed by atoms with Gasteiger partial charge in [-0.25, -0.2) is 0 Å². The first-order valence-corrected chi connectivity index (χ1v) is 6.85. The molecule has 116 valence electrons. The van der Waals surface area contributed by atoms with Gasteiger partial charge in [-0.3, -0.25) is 4.79 Å². The van der Waals surface area contributed by atoms with Crippen LogP contribution >= 0.6 is 0 Å². The molecule has 1 unspecified atom stereocenters. The fraction of sp³-hybridized carbons (Fsp3) is 0.467. The minimum Gasteiger partial charge on any atom is -0.491 e. The molecule has 1 amide bonds. The van der Waals surface area contributed by atoms with Gasteiger partial charge in [-0.15, -0.1) is 0 Å². The van der Waals surface area contributed by atoms with Crippen LogP contribution in [0.1, 0.15) is 37.6 Å². The first kappa shape index (κ1) is 16.8. The van der Waals surface area contributed by atoms with E-state index in [1.165, 1.54) is 0 Å². The highest BCUT2D eigenvalue weighted by Gasteiger charge is 2.19. The smallest absolute Gasteiger partial charge is 0.253 e. The van der Waals surface area contributed by atoms with E-state index < -0.39 is 0 Å². The van der Waals surface area contributed by atoms with Crippen molar-refractivity contribution in [2.45, 2.75) is 39.3 Å². The molecule has 21 heavy (non-hydrogen) atoms. The standard InChI is InChI=1S/C15H23N3O3/c1-10(2)21-13-7-5-6-12(9-13)15(19)18(4)11(3)8-14(16)17-20/h5-7,9-11,20H,8H2,1-4H3,(H2,16,17). The maximum Gasteiger partial charge on any atom is 0.253 e. The minimum atomic E-state index is -0.178. The fourth-order valence-corrected chi connectivity index (χ4v) is 1.86. The first-order valence-electron chi connectivity index (χ1n) is 6.85. The van der Waals surface area contributed by atoms with E-state index in [9.17, 15) is 4.79 Å². The number of benzene rings is 1. The van der Waals surface area contributed by atoms with Crippen LogP contribution in [-0.2, 0) is 0 Å². The molecule has 0 fully saturated rings. The van der Waals surface area contributed by atoms with Crippen molar-refractivity contribution in [3.05, 3.63) is 29.8 Å². The zero-order chi connectivity index (χ0) is 16.0. The third-order valence-corrected chi connectivity index (χ3v) is 3.07. The molecule has 6 heteroatoms. The Bertz CT molecular complexity index is 515. The molecule has 1 aromatic carbocycles. The number of hydrogen-bond donors (Lipinski definition) is 2. The predicted molar refractivity (Wildman–Crippen MR) is 81.8 cm³/mol. The third-order valence-electron chi connectivity index (χ3n) is 3.07. The Labute approximate surface area is 125 Å². The summed E-state index contributed by atoms with van der Waals surface area (Å²) in [5.41, 5.74) is 6.01. The van der Waals surface area contributed by atoms with Gasteiger partial charge in [0.1, 0.15) is 11.6 Å². The zero-order valence-corrected chi connectivity index (χ0v) is 12.9. The third kappa shape index (κ3) is 4.98. The van der Waals surface area contributed by atoms with E-state index in [-0.39, 0.29) is 23.9 Å². The Morgan fingerprint density at radius 2 is 2.10 bits per heavy atom. The van der Waals surface area contributed by atoms with E-state index in [0.717, 1.165) is 0 Å². The summed E-state index contributed by atoms with van der Waals surface area (Å²) in [7, 11) is 1.69. The van der Waals surface area contributed by atoms with Crippen molar-refractivity contribution in [3.63, 3.8) is 0 Å². The van der Waals surface area contributed by atoms with Crippen molar-refractivity contribution >= 4 is 11.7 Å². The van der Waals surface area contributed by atoms with Gasteiger partial charge in [0.2, 0.25) is 0 Å². The molecule has 0 bridgehead atoms. The summed E-state index contributed by atoms with van der Waals surface area (Å²) < 4.78 is 5.58. The van der Waals surface area contributed by atoms with Crippen LogP contribution < -0.4 is 10.5 Å². The lowest BCUT2D eigenvalue weighted by molar-refractivity contribution is 0.0746. The molecule has 3 N–H and O–H groups in total. The Kier molecular flexibility index (Phi) is 6.02. The number of rotatable bonds is 6. The van der Waals surface area contributed by atoms with Crippen molar-refractivity contribution in [1.82, 2.24) is 4.90 Å². The van der Waals surface area contributed by atoms with E-state index in [0.29, 0.717) is 17.7 Å². The zero-order valence-electron chi connectivity index (χ0n) is 12.9. The molecule has 1 rings (SSSR count). The maximum absolute atomic E-state index is 12.4. The fourth-order valence-electron chi connectivity index (χ4n) is 1.86. The van der Waals surface area contributed by atoms with Gasteiger partial charge in [0, 0.05) is 25.1 Å². The van der Waals surface area contributed by atoms with Gasteiger partial charge in [0.05, 0.1) is 6.10 Å². The number of nitrogens with zero attached hydrogens (tertiary/aromatic N) is 2. The lowest BCUT2D eigenvalue weighted by Crippen LogP contribution is -2.37. The summed E-state index contributed by atoms with van der Waals surface area (Å²) in [6, 6.07) is 6.88. The van der Waals surface area contributed by atoms with E-state index in [4.69, 9.17) is 15.7 Å². The number of ether oxygens (including phenoxy) is 1. The second-order valence-corrected chi connectivity index (χ2v) is 5.25. The van der Waals surface area contributed by atoms with E-state index in [2.05, 4.69) is 5.16 Å². The molecular formula is C15H23N3O3. The van der Waals surface area contributed by atoms with Crippen LogP contribution in [0.15, 0.2) is 29.4 Å². The Morgan fingerprint density at radius 1 is 1.43 bits per heavy atom. The first-order chi connectivity index (χ1) is 9.85. The van der Waals surface area contributed by atoms with Crippen molar-refractivity contribution in [2.24, 2.45) is 10.9 Å². The van der Waals surface area contributed by atoms with Gasteiger partial charge in [0.25, 0.3) is 5.91 Å². The lowest BCUT2D eigenvalue weighted by atomic mass is 10.1. The molecule has 0 saturated carbocycles. The monoisotopic (exact) mass is 293 g/mol. The Balaban J connectivity index is 2.82. The molecule has 0 heterocycles. The molecule has 0 aliphatic carbocycles. The van der Waals surface area contributed by atoms with Gasteiger partial charge in [-0.2, -0.15) is 0 Å². The number of amides is 1. The van der Waals surface area contributed by atoms with Crippen LogP contribution in [0.3, 0.4) is 0 Å². The van der Waals surface area contributed by atoms with Crippen LogP contribution in [0.5, 0.6) is 5.75 Å². The van der Waals surface area contributed by atoms with Gasteiger partial charge in [-0.05, 0) is 39.0 Å². The number of carbonyl (C=O) groups excluding carboxylic acids is 1. The van der Waals surface area contributed by atoms with Crippen molar-refractivity contribution in [2.75, 3.05) is 7.05 Å². The molecule has 0 aliphatic heterocycles. The average molecular weight is 293 g/mol. The van der Waals surface area contributed by atoms with Crippen LogP contribution in [-0.4, -0.2) is 41.0 Å². The molecule has 0 radical (unpaired) electrons. The normalized spacial score (nSPS) is 13.1. The second kappa shape index (κ2) is 7.52. The van der Waals surface area contributed by atoms with E-state index in [1.54, 1.807) is 30.1 Å². The van der Waals surface area contributed by atoms with Crippen molar-refractivity contribution in [1.29, 1.82) is 0 Å².